The molecule has 0 aromatic carbocycles. The highest BCUT2D eigenvalue weighted by Gasteiger charge is 2.44. The van der Waals surface area contributed by atoms with Crippen LogP contribution in [0.25, 0.3) is 0 Å². The summed E-state index contributed by atoms with van der Waals surface area (Å²) in [4.78, 5) is 24.5. The van der Waals surface area contributed by atoms with Gasteiger partial charge in [-0.25, -0.2) is 4.79 Å². The van der Waals surface area contributed by atoms with Crippen LogP contribution in [0.2, 0.25) is 0 Å². The Morgan fingerprint density at radius 3 is 2.70 bits per heavy atom. The van der Waals surface area contributed by atoms with Gasteiger partial charge in [0, 0.05) is 12.3 Å². The molecule has 5 atom stereocenters. The summed E-state index contributed by atoms with van der Waals surface area (Å²) >= 11 is -2.54. The first-order valence-corrected chi connectivity index (χ1v) is 6.50. The van der Waals surface area contributed by atoms with Crippen molar-refractivity contribution >= 4 is 11.4 Å². The molecule has 1 aromatic rings. The fourth-order valence-electron chi connectivity index (χ4n) is 1.85. The fraction of sp³-hybridized carbons (Fsp3) is 0.556. The minimum atomic E-state index is -2.54. The van der Waals surface area contributed by atoms with Gasteiger partial charge in [0.05, 0.1) is 6.61 Å². The van der Waals surface area contributed by atoms with Crippen LogP contribution in [-0.2, 0) is 20.3 Å². The molecule has 112 valence electrons. The number of hydrogen-bond acceptors (Lipinski definition) is 7. The van der Waals surface area contributed by atoms with E-state index in [1.165, 1.54) is 0 Å². The molecule has 1 aromatic heterocycles. The molecule has 0 spiro atoms. The van der Waals surface area contributed by atoms with Gasteiger partial charge in [-0.2, -0.15) is 4.21 Å². The van der Waals surface area contributed by atoms with Gasteiger partial charge in [-0.1, -0.05) is 0 Å². The summed E-state index contributed by atoms with van der Waals surface area (Å²) in [7, 11) is 0. The molecule has 2 rings (SSSR count). The number of aliphatic hydroxyl groups excluding tert-OH is 2. The van der Waals surface area contributed by atoms with Gasteiger partial charge in [-0.15, -0.1) is 0 Å². The van der Waals surface area contributed by atoms with Crippen LogP contribution in [0, 0.1) is 0 Å². The summed E-state index contributed by atoms with van der Waals surface area (Å²) < 4.78 is 29.3. The molecule has 20 heavy (non-hydrogen) atoms. The Kier molecular flexibility index (Phi) is 4.47. The molecule has 0 aliphatic carbocycles. The Hall–Kier alpha value is -1.37. The number of aromatic nitrogens is 2. The summed E-state index contributed by atoms with van der Waals surface area (Å²) in [6, 6.07) is 1.05. The summed E-state index contributed by atoms with van der Waals surface area (Å²) in [6.45, 7) is -0.448. The van der Waals surface area contributed by atoms with E-state index in [1.54, 1.807) is 0 Å². The third kappa shape index (κ3) is 3.03. The van der Waals surface area contributed by atoms with Crippen LogP contribution in [0.15, 0.2) is 21.9 Å². The van der Waals surface area contributed by atoms with Crippen LogP contribution in [0.3, 0.4) is 0 Å². The molecule has 1 aliphatic heterocycles. The zero-order chi connectivity index (χ0) is 14.9. The second kappa shape index (κ2) is 5.95. The van der Waals surface area contributed by atoms with Crippen molar-refractivity contribution < 1.29 is 27.9 Å². The van der Waals surface area contributed by atoms with E-state index in [-0.39, 0.29) is 0 Å². The maximum atomic E-state index is 11.6. The number of aliphatic hydroxyl groups is 2. The van der Waals surface area contributed by atoms with E-state index >= 15 is 0 Å². The highest BCUT2D eigenvalue weighted by molar-refractivity contribution is 7.74. The minimum absolute atomic E-state index is 0.448. The molecule has 0 bridgehead atoms. The Morgan fingerprint density at radius 2 is 2.10 bits per heavy atom. The Bertz CT molecular complexity index is 612. The van der Waals surface area contributed by atoms with Crippen molar-refractivity contribution in [1.29, 1.82) is 0 Å². The summed E-state index contributed by atoms with van der Waals surface area (Å²) in [5.41, 5.74) is -1.43. The van der Waals surface area contributed by atoms with Crippen LogP contribution < -0.4 is 11.2 Å². The van der Waals surface area contributed by atoms with Gasteiger partial charge in [-0.05, 0) is 0 Å². The van der Waals surface area contributed by atoms with E-state index in [4.69, 9.17) is 9.29 Å². The normalized spacial score (nSPS) is 31.4. The average molecular weight is 308 g/mol. The Morgan fingerprint density at radius 1 is 1.40 bits per heavy atom. The topological polar surface area (TPSA) is 151 Å². The van der Waals surface area contributed by atoms with Crippen LogP contribution >= 0.6 is 0 Å². The van der Waals surface area contributed by atoms with Gasteiger partial charge < -0.3 is 14.9 Å². The quantitative estimate of drug-likeness (QED) is 0.439. The number of nitrogens with zero attached hydrogens (tertiary/aromatic N) is 1. The minimum Gasteiger partial charge on any atom is -0.387 e. The van der Waals surface area contributed by atoms with Gasteiger partial charge >= 0.3 is 17.1 Å². The number of H-pyrrole nitrogens is 1. The zero-order valence-corrected chi connectivity index (χ0v) is 10.7. The smallest absolute Gasteiger partial charge is 0.330 e. The van der Waals surface area contributed by atoms with Gasteiger partial charge in [0.15, 0.2) is 6.23 Å². The van der Waals surface area contributed by atoms with Crippen molar-refractivity contribution in [3.63, 3.8) is 0 Å². The van der Waals surface area contributed by atoms with Crippen LogP contribution in [0.5, 0.6) is 0 Å². The van der Waals surface area contributed by atoms with Gasteiger partial charge in [-0.3, -0.25) is 23.1 Å². The van der Waals surface area contributed by atoms with Gasteiger partial charge in [0.1, 0.15) is 18.3 Å². The van der Waals surface area contributed by atoms with Crippen LogP contribution in [0.4, 0.5) is 0 Å². The van der Waals surface area contributed by atoms with Crippen LogP contribution in [-0.4, -0.2) is 53.4 Å². The molecule has 2 heterocycles. The number of ether oxygens (including phenoxy) is 1. The molecule has 1 unspecified atom stereocenters. The second-order valence-electron chi connectivity index (χ2n) is 4.07. The van der Waals surface area contributed by atoms with Crippen molar-refractivity contribution in [3.8, 4) is 0 Å². The maximum absolute atomic E-state index is 11.6. The first-order chi connectivity index (χ1) is 9.40. The molecular weight excluding hydrogens is 296 g/mol. The molecule has 1 fully saturated rings. The van der Waals surface area contributed by atoms with Gasteiger partial charge in [0.2, 0.25) is 0 Å². The summed E-state index contributed by atoms with van der Waals surface area (Å²) in [5.74, 6) is 0. The average Bonchev–Trinajstić information content (AvgIpc) is 2.64. The summed E-state index contributed by atoms with van der Waals surface area (Å²) in [6.07, 6.45) is -4.10. The molecule has 10 nitrogen and oxygen atoms in total. The number of aromatic amines is 1. The second-order valence-corrected chi connectivity index (χ2v) is 4.74. The zero-order valence-electron chi connectivity index (χ0n) is 9.91. The largest absolute Gasteiger partial charge is 0.387 e. The third-order valence-corrected chi connectivity index (χ3v) is 3.13. The third-order valence-electron chi connectivity index (χ3n) is 2.80. The lowest BCUT2D eigenvalue weighted by atomic mass is 10.1. The van der Waals surface area contributed by atoms with Crippen molar-refractivity contribution in [2.75, 3.05) is 6.61 Å². The van der Waals surface area contributed by atoms with Crippen molar-refractivity contribution in [3.05, 3.63) is 33.1 Å². The number of nitrogens with one attached hydrogen (secondary N) is 1. The van der Waals surface area contributed by atoms with E-state index in [2.05, 4.69) is 4.18 Å². The Labute approximate surface area is 114 Å². The molecular formula is C9H12N2O8S. The molecule has 11 heteroatoms. The summed E-state index contributed by atoms with van der Waals surface area (Å²) in [5, 5.41) is 19.5. The molecule has 0 amide bonds. The highest BCUT2D eigenvalue weighted by atomic mass is 32.2. The van der Waals surface area contributed by atoms with Crippen LogP contribution in [0.1, 0.15) is 6.23 Å². The monoisotopic (exact) mass is 308 g/mol. The number of hydrogen-bond donors (Lipinski definition) is 4. The predicted molar refractivity (Wildman–Crippen MR) is 64.0 cm³/mol. The van der Waals surface area contributed by atoms with E-state index in [0.717, 1.165) is 16.8 Å². The van der Waals surface area contributed by atoms with E-state index in [9.17, 15) is 24.0 Å². The lowest BCUT2D eigenvalue weighted by Crippen LogP contribution is -2.37. The maximum Gasteiger partial charge on any atom is 0.330 e. The van der Waals surface area contributed by atoms with Gasteiger partial charge in [0.25, 0.3) is 5.56 Å². The predicted octanol–water partition coefficient (Wildman–Crippen LogP) is -2.69. The molecule has 4 N–H and O–H groups in total. The first-order valence-electron chi connectivity index (χ1n) is 5.47. The Balaban J connectivity index is 2.19. The lowest BCUT2D eigenvalue weighted by molar-refractivity contribution is -0.0510. The standard InChI is InChI=1S/C9H12N2O8S/c12-5-1-2-11(9(15)10-5)8-7(14)6(13)4(19-8)3-18-20(16)17/h1-2,4,6-8,13-14H,3H2,(H,16,17)(H,10,12,15)/t4-,6-,7-,8-/m1/s1. The van der Waals surface area contributed by atoms with E-state index in [0.29, 0.717) is 0 Å². The molecule has 1 aliphatic rings. The van der Waals surface area contributed by atoms with Crippen molar-refractivity contribution in [2.24, 2.45) is 0 Å². The number of rotatable bonds is 4. The first kappa shape index (κ1) is 15.0. The van der Waals surface area contributed by atoms with Crippen molar-refractivity contribution in [2.45, 2.75) is 24.5 Å². The lowest BCUT2D eigenvalue weighted by Gasteiger charge is -2.16. The molecule has 0 radical (unpaired) electrons. The van der Waals surface area contributed by atoms with E-state index < -0.39 is 53.8 Å². The van der Waals surface area contributed by atoms with Crippen molar-refractivity contribution in [1.82, 2.24) is 9.55 Å². The molecule has 1 saturated heterocycles. The SMILES string of the molecule is O=c1ccn([C@@H]2O[C@H](COS(=O)O)[C@@H](O)[C@H]2O)c(=O)[nH]1. The highest BCUT2D eigenvalue weighted by Crippen LogP contribution is 2.28. The fourth-order valence-corrected chi connectivity index (χ4v) is 2.10. The van der Waals surface area contributed by atoms with E-state index in [1.807, 2.05) is 4.98 Å². The molecule has 0 saturated carbocycles.